The van der Waals surface area contributed by atoms with Crippen molar-refractivity contribution in [2.24, 2.45) is 0 Å². The first kappa shape index (κ1) is 20.4. The van der Waals surface area contributed by atoms with Crippen LogP contribution < -0.4 is 10.1 Å². The van der Waals surface area contributed by atoms with Crippen LogP contribution in [0.5, 0.6) is 5.75 Å². The van der Waals surface area contributed by atoms with Crippen molar-refractivity contribution >= 4 is 11.9 Å². The minimum Gasteiger partial charge on any atom is -0.497 e. The van der Waals surface area contributed by atoms with E-state index in [0.717, 1.165) is 18.9 Å². The molecular weight excluding hydrogens is 349 g/mol. The van der Waals surface area contributed by atoms with Crippen LogP contribution in [0, 0.1) is 5.82 Å². The Hall–Kier alpha value is -2.89. The van der Waals surface area contributed by atoms with Gasteiger partial charge in [0.25, 0.3) is 5.91 Å². The van der Waals surface area contributed by atoms with Gasteiger partial charge in [-0.1, -0.05) is 30.3 Å². The molecule has 0 aliphatic carbocycles. The summed E-state index contributed by atoms with van der Waals surface area (Å²) in [5.74, 6) is -1.78. The average Bonchev–Trinajstić information content (AvgIpc) is 2.66. The van der Waals surface area contributed by atoms with E-state index in [1.807, 2.05) is 37.3 Å². The van der Waals surface area contributed by atoms with Gasteiger partial charge in [0.15, 0.2) is 6.10 Å². The Morgan fingerprint density at radius 1 is 1.11 bits per heavy atom. The molecule has 0 bridgehead atoms. The number of carbonyl (C=O) groups is 2. The lowest BCUT2D eigenvalue weighted by molar-refractivity contribution is -0.129. The zero-order chi connectivity index (χ0) is 19.8. The van der Waals surface area contributed by atoms with E-state index in [4.69, 9.17) is 9.47 Å². The van der Waals surface area contributed by atoms with E-state index >= 15 is 0 Å². The summed E-state index contributed by atoms with van der Waals surface area (Å²) >= 11 is 0. The maximum absolute atomic E-state index is 13.9. The molecule has 2 rings (SSSR count). The molecule has 27 heavy (non-hydrogen) atoms. The molecule has 2 aromatic rings. The van der Waals surface area contributed by atoms with Gasteiger partial charge in [-0.25, -0.2) is 9.18 Å². The van der Waals surface area contributed by atoms with Crippen molar-refractivity contribution in [2.75, 3.05) is 7.11 Å². The number of methoxy groups -OCH3 is 1. The highest BCUT2D eigenvalue weighted by atomic mass is 19.1. The van der Waals surface area contributed by atoms with Crippen LogP contribution in [0.25, 0.3) is 0 Å². The molecule has 0 saturated heterocycles. The van der Waals surface area contributed by atoms with E-state index in [0.29, 0.717) is 5.75 Å². The van der Waals surface area contributed by atoms with Gasteiger partial charge in [0, 0.05) is 12.1 Å². The van der Waals surface area contributed by atoms with Crippen LogP contribution in [0.2, 0.25) is 0 Å². The van der Waals surface area contributed by atoms with E-state index in [1.54, 1.807) is 0 Å². The van der Waals surface area contributed by atoms with Gasteiger partial charge < -0.3 is 14.8 Å². The van der Waals surface area contributed by atoms with Crippen LogP contribution in [-0.4, -0.2) is 31.1 Å². The predicted molar refractivity (Wildman–Crippen MR) is 100 cm³/mol. The van der Waals surface area contributed by atoms with Crippen molar-refractivity contribution < 1.29 is 23.5 Å². The van der Waals surface area contributed by atoms with Gasteiger partial charge in [-0.05, 0) is 44.4 Å². The summed E-state index contributed by atoms with van der Waals surface area (Å²) in [7, 11) is 1.40. The highest BCUT2D eigenvalue weighted by Gasteiger charge is 2.22. The maximum Gasteiger partial charge on any atom is 0.341 e. The van der Waals surface area contributed by atoms with Crippen molar-refractivity contribution in [1.82, 2.24) is 5.32 Å². The van der Waals surface area contributed by atoms with Crippen LogP contribution in [0.3, 0.4) is 0 Å². The summed E-state index contributed by atoms with van der Waals surface area (Å²) < 4.78 is 23.9. The Labute approximate surface area is 158 Å². The third-order valence-electron chi connectivity index (χ3n) is 4.15. The second-order valence-electron chi connectivity index (χ2n) is 6.33. The molecule has 6 heteroatoms. The number of esters is 1. The number of hydrogen-bond acceptors (Lipinski definition) is 4. The second kappa shape index (κ2) is 9.71. The van der Waals surface area contributed by atoms with Gasteiger partial charge in [0.1, 0.15) is 11.6 Å². The number of nitrogens with one attached hydrogen (secondary N) is 1. The highest BCUT2D eigenvalue weighted by Crippen LogP contribution is 2.17. The Bertz CT molecular complexity index is 779. The summed E-state index contributed by atoms with van der Waals surface area (Å²) in [6.07, 6.45) is 0.551. The minimum atomic E-state index is -1.03. The molecule has 2 aromatic carbocycles. The van der Waals surface area contributed by atoms with E-state index in [1.165, 1.54) is 31.7 Å². The predicted octanol–water partition coefficient (Wildman–Crippen LogP) is 3.52. The zero-order valence-electron chi connectivity index (χ0n) is 15.7. The topological polar surface area (TPSA) is 64.6 Å². The van der Waals surface area contributed by atoms with Crippen LogP contribution >= 0.6 is 0 Å². The normalized spacial score (nSPS) is 12.7. The molecule has 0 radical (unpaired) electrons. The molecule has 2 atom stereocenters. The molecular formula is C21H24FNO4. The number of aryl methyl sites for hydroxylation is 1. The fraction of sp³-hybridized carbons (Fsp3) is 0.333. The van der Waals surface area contributed by atoms with E-state index in [-0.39, 0.29) is 11.6 Å². The van der Waals surface area contributed by atoms with Crippen molar-refractivity contribution in [3.8, 4) is 5.75 Å². The van der Waals surface area contributed by atoms with Gasteiger partial charge >= 0.3 is 5.97 Å². The molecule has 1 amide bonds. The van der Waals surface area contributed by atoms with Gasteiger partial charge in [-0.15, -0.1) is 0 Å². The second-order valence-corrected chi connectivity index (χ2v) is 6.33. The fourth-order valence-corrected chi connectivity index (χ4v) is 2.53. The largest absolute Gasteiger partial charge is 0.497 e. The van der Waals surface area contributed by atoms with Crippen molar-refractivity contribution in [2.45, 2.75) is 38.8 Å². The lowest BCUT2D eigenvalue weighted by Crippen LogP contribution is -2.41. The molecule has 0 spiro atoms. The third-order valence-corrected chi connectivity index (χ3v) is 4.15. The van der Waals surface area contributed by atoms with Crippen molar-refractivity contribution in [3.05, 3.63) is 65.5 Å². The molecule has 5 nitrogen and oxygen atoms in total. The van der Waals surface area contributed by atoms with E-state index in [9.17, 15) is 14.0 Å². The third kappa shape index (κ3) is 6.09. The van der Waals surface area contributed by atoms with Crippen molar-refractivity contribution in [3.63, 3.8) is 0 Å². The summed E-state index contributed by atoms with van der Waals surface area (Å²) in [6, 6.07) is 13.7. The van der Waals surface area contributed by atoms with Gasteiger partial charge in [0.05, 0.1) is 12.7 Å². The number of hydrogen-bond donors (Lipinski definition) is 1. The first-order chi connectivity index (χ1) is 12.9. The molecule has 0 unspecified atom stereocenters. The molecule has 0 aromatic heterocycles. The smallest absolute Gasteiger partial charge is 0.341 e. The Balaban J connectivity index is 1.84. The van der Waals surface area contributed by atoms with Gasteiger partial charge in [-0.3, -0.25) is 4.79 Å². The maximum atomic E-state index is 13.9. The monoisotopic (exact) mass is 373 g/mol. The average molecular weight is 373 g/mol. The molecule has 0 saturated carbocycles. The number of halogens is 1. The van der Waals surface area contributed by atoms with Gasteiger partial charge in [0.2, 0.25) is 0 Å². The molecule has 0 aliphatic heterocycles. The van der Waals surface area contributed by atoms with E-state index in [2.05, 4.69) is 5.32 Å². The van der Waals surface area contributed by atoms with E-state index < -0.39 is 23.8 Å². The lowest BCUT2D eigenvalue weighted by atomic mass is 10.1. The number of benzene rings is 2. The summed E-state index contributed by atoms with van der Waals surface area (Å²) in [6.45, 7) is 3.34. The lowest BCUT2D eigenvalue weighted by Gasteiger charge is -2.18. The number of amides is 1. The summed E-state index contributed by atoms with van der Waals surface area (Å²) in [5.41, 5.74) is 0.945. The molecule has 144 valence electrons. The Kier molecular flexibility index (Phi) is 7.34. The zero-order valence-corrected chi connectivity index (χ0v) is 15.7. The van der Waals surface area contributed by atoms with Crippen LogP contribution in [0.4, 0.5) is 4.39 Å². The molecule has 1 N–H and O–H groups in total. The van der Waals surface area contributed by atoms with Crippen molar-refractivity contribution in [1.29, 1.82) is 0 Å². The summed E-state index contributed by atoms with van der Waals surface area (Å²) in [5, 5.41) is 2.81. The van der Waals surface area contributed by atoms with Crippen LogP contribution in [-0.2, 0) is 16.0 Å². The quantitative estimate of drug-likeness (QED) is 0.719. The first-order valence-electron chi connectivity index (χ1n) is 8.79. The molecule has 0 heterocycles. The van der Waals surface area contributed by atoms with Crippen LogP contribution in [0.1, 0.15) is 36.2 Å². The SMILES string of the molecule is COc1ccc(C(=O)O[C@@H](C)C(=O)N[C@H](C)CCc2ccccc2)c(F)c1. The van der Waals surface area contributed by atoms with Crippen LogP contribution in [0.15, 0.2) is 48.5 Å². The van der Waals surface area contributed by atoms with Gasteiger partial charge in [-0.2, -0.15) is 0 Å². The summed E-state index contributed by atoms with van der Waals surface area (Å²) in [4.78, 5) is 24.3. The minimum absolute atomic E-state index is 0.0865. The molecule has 0 fully saturated rings. The number of ether oxygens (including phenoxy) is 2. The Morgan fingerprint density at radius 2 is 1.81 bits per heavy atom. The number of rotatable bonds is 8. The molecule has 0 aliphatic rings. The fourth-order valence-electron chi connectivity index (χ4n) is 2.53. The highest BCUT2D eigenvalue weighted by molar-refractivity contribution is 5.92. The Morgan fingerprint density at radius 3 is 2.44 bits per heavy atom. The standard InChI is InChI=1S/C21H24FNO4/c1-14(9-10-16-7-5-4-6-8-16)23-20(24)15(2)27-21(25)18-12-11-17(26-3)13-19(18)22/h4-8,11-15H,9-10H2,1-3H3,(H,23,24)/t14-,15+/m1/s1. The first-order valence-corrected chi connectivity index (χ1v) is 8.79. The number of carbonyl (C=O) groups excluding carboxylic acids is 2.